The van der Waals surface area contributed by atoms with Crippen LogP contribution >= 0.6 is 0 Å². The summed E-state index contributed by atoms with van der Waals surface area (Å²) in [6.45, 7) is -0.391. The van der Waals surface area contributed by atoms with Gasteiger partial charge >= 0.3 is 11.9 Å². The maximum atomic E-state index is 16.1. The first-order valence-corrected chi connectivity index (χ1v) is 13.3. The Balaban J connectivity index is 1.26. The van der Waals surface area contributed by atoms with Crippen LogP contribution in [0, 0.1) is 0 Å². The second-order valence-electron chi connectivity index (χ2n) is 9.58. The van der Waals surface area contributed by atoms with Crippen molar-refractivity contribution in [3.05, 3.63) is 120 Å². The highest BCUT2D eigenvalue weighted by molar-refractivity contribution is 6.06. The summed E-state index contributed by atoms with van der Waals surface area (Å²) in [5.74, 6) is -1.70. The Kier molecular flexibility index (Phi) is 7.83. The summed E-state index contributed by atoms with van der Waals surface area (Å²) in [5.41, 5.74) is 1.29. The lowest BCUT2D eigenvalue weighted by Crippen LogP contribution is -2.37. The number of nitrogens with one attached hydrogen (secondary N) is 1. The lowest BCUT2D eigenvalue weighted by molar-refractivity contribution is -0.0570. The van der Waals surface area contributed by atoms with Crippen molar-refractivity contribution in [2.24, 2.45) is 0 Å². The highest BCUT2D eigenvalue weighted by atomic mass is 19.1. The SMILES string of the molecule is O=C(Nc1ncnc2c1ncn2[C@H]1O[C@@H](COC(=O)c2ccccc2)[C@H](OC(=O)c2ccccc2)[C@H]1F)c1ccccc1. The minimum absolute atomic E-state index is 0.117. The van der Waals surface area contributed by atoms with Gasteiger partial charge in [-0.15, -0.1) is 0 Å². The van der Waals surface area contributed by atoms with E-state index < -0.39 is 49.1 Å². The molecule has 6 rings (SSSR count). The Morgan fingerprint density at radius 3 is 2.07 bits per heavy atom. The van der Waals surface area contributed by atoms with Crippen LogP contribution in [0.3, 0.4) is 0 Å². The molecule has 0 aliphatic carbocycles. The molecule has 1 fully saturated rings. The van der Waals surface area contributed by atoms with Gasteiger partial charge in [0.05, 0.1) is 17.5 Å². The quantitative estimate of drug-likeness (QED) is 0.265. The van der Waals surface area contributed by atoms with E-state index in [1.165, 1.54) is 17.2 Å². The molecule has 4 atom stereocenters. The van der Waals surface area contributed by atoms with Crippen LogP contribution < -0.4 is 5.32 Å². The molecule has 12 heteroatoms. The second-order valence-corrected chi connectivity index (χ2v) is 9.58. The Hall–Kier alpha value is -5.49. The van der Waals surface area contributed by atoms with Crippen molar-refractivity contribution in [3.63, 3.8) is 0 Å². The number of ether oxygens (including phenoxy) is 3. The molecule has 216 valence electrons. The van der Waals surface area contributed by atoms with Gasteiger partial charge in [-0.1, -0.05) is 54.6 Å². The lowest BCUT2D eigenvalue weighted by Gasteiger charge is -2.19. The first-order valence-electron chi connectivity index (χ1n) is 13.3. The summed E-state index contributed by atoms with van der Waals surface area (Å²) in [4.78, 5) is 50.9. The highest BCUT2D eigenvalue weighted by Crippen LogP contribution is 2.36. The largest absolute Gasteiger partial charge is 0.459 e. The number of anilines is 1. The van der Waals surface area contributed by atoms with Gasteiger partial charge in [0, 0.05) is 5.56 Å². The van der Waals surface area contributed by atoms with Crippen LogP contribution in [0.4, 0.5) is 10.2 Å². The average molecular weight is 582 g/mol. The summed E-state index contributed by atoms with van der Waals surface area (Å²) in [7, 11) is 0. The third-order valence-electron chi connectivity index (χ3n) is 6.81. The van der Waals surface area contributed by atoms with E-state index in [-0.39, 0.29) is 22.5 Å². The molecule has 0 bridgehead atoms. The van der Waals surface area contributed by atoms with Crippen molar-refractivity contribution in [2.75, 3.05) is 11.9 Å². The third-order valence-corrected chi connectivity index (χ3v) is 6.81. The third kappa shape index (κ3) is 5.81. The van der Waals surface area contributed by atoms with Gasteiger partial charge in [0.2, 0.25) is 0 Å². The maximum absolute atomic E-state index is 16.1. The monoisotopic (exact) mass is 581 g/mol. The Morgan fingerprint density at radius 1 is 0.814 bits per heavy atom. The molecular weight excluding hydrogens is 557 g/mol. The van der Waals surface area contributed by atoms with Crippen molar-refractivity contribution in [1.29, 1.82) is 0 Å². The minimum atomic E-state index is -1.90. The molecule has 0 unspecified atom stereocenters. The fourth-order valence-corrected chi connectivity index (χ4v) is 4.67. The molecule has 1 N–H and O–H groups in total. The van der Waals surface area contributed by atoms with Crippen LogP contribution in [-0.4, -0.2) is 62.4 Å². The molecule has 1 aliphatic rings. The first kappa shape index (κ1) is 27.7. The Morgan fingerprint density at radius 2 is 1.42 bits per heavy atom. The van der Waals surface area contributed by atoms with E-state index in [1.54, 1.807) is 91.0 Å². The van der Waals surface area contributed by atoms with Gasteiger partial charge in [0.25, 0.3) is 5.91 Å². The van der Waals surface area contributed by atoms with E-state index in [1.807, 2.05) is 0 Å². The first-order chi connectivity index (χ1) is 21.0. The molecule has 0 saturated carbocycles. The number of carbonyl (C=O) groups is 3. The number of hydrogen-bond acceptors (Lipinski definition) is 9. The zero-order valence-corrected chi connectivity index (χ0v) is 22.4. The number of benzene rings is 3. The van der Waals surface area contributed by atoms with Crippen molar-refractivity contribution in [1.82, 2.24) is 19.5 Å². The van der Waals surface area contributed by atoms with Crippen molar-refractivity contribution in [3.8, 4) is 0 Å². The number of carbonyl (C=O) groups excluding carboxylic acids is 3. The maximum Gasteiger partial charge on any atom is 0.338 e. The summed E-state index contributed by atoms with van der Waals surface area (Å²) in [5, 5.41) is 2.70. The zero-order valence-electron chi connectivity index (χ0n) is 22.4. The van der Waals surface area contributed by atoms with Gasteiger partial charge in [-0.25, -0.2) is 28.9 Å². The summed E-state index contributed by atoms with van der Waals surface area (Å²) in [6, 6.07) is 24.9. The molecule has 11 nitrogen and oxygen atoms in total. The van der Waals surface area contributed by atoms with Crippen LogP contribution in [-0.2, 0) is 14.2 Å². The topological polar surface area (TPSA) is 135 Å². The molecule has 1 aliphatic heterocycles. The van der Waals surface area contributed by atoms with E-state index in [2.05, 4.69) is 20.3 Å². The van der Waals surface area contributed by atoms with Gasteiger partial charge in [-0.2, -0.15) is 0 Å². The second kappa shape index (κ2) is 12.2. The summed E-state index contributed by atoms with van der Waals surface area (Å²) in [6.07, 6.45) is -3.34. The highest BCUT2D eigenvalue weighted by Gasteiger charge is 2.50. The number of nitrogens with zero attached hydrogens (tertiary/aromatic N) is 4. The average Bonchev–Trinajstić information content (AvgIpc) is 3.62. The molecule has 3 heterocycles. The molecule has 3 aromatic carbocycles. The number of aromatic nitrogens is 4. The smallest absolute Gasteiger partial charge is 0.338 e. The molecule has 43 heavy (non-hydrogen) atoms. The Labute approximate surface area is 244 Å². The van der Waals surface area contributed by atoms with Crippen LogP contribution in [0.2, 0.25) is 0 Å². The van der Waals surface area contributed by atoms with Crippen molar-refractivity contribution in [2.45, 2.75) is 24.6 Å². The number of imidazole rings is 1. The number of halogens is 1. The van der Waals surface area contributed by atoms with Gasteiger partial charge in [-0.3, -0.25) is 9.36 Å². The molecule has 1 saturated heterocycles. The summed E-state index contributed by atoms with van der Waals surface area (Å²) < 4.78 is 34.5. The standard InChI is InChI=1S/C31H24FN5O6/c32-23-25(43-31(40)21-14-8-3-9-15-21)22(16-41-30(39)20-12-6-2-7-13-20)42-29(23)37-18-35-24-26(33-17-34-27(24)37)36-28(38)19-10-4-1-5-11-19/h1-15,17-18,22-23,25,29H,16H2,(H,33,34,36,38)/t22-,23+,25-,29-/m0/s1. The van der Waals surface area contributed by atoms with Gasteiger partial charge in [-0.05, 0) is 36.4 Å². The Bertz CT molecular complexity index is 1750. The van der Waals surface area contributed by atoms with E-state index in [9.17, 15) is 14.4 Å². The number of rotatable bonds is 8. The van der Waals surface area contributed by atoms with Gasteiger partial charge in [0.15, 0.2) is 35.5 Å². The molecule has 5 aromatic rings. The zero-order chi connectivity index (χ0) is 29.8. The number of esters is 2. The fraction of sp³-hybridized carbons (Fsp3) is 0.161. The number of alkyl halides is 1. The number of hydrogen-bond donors (Lipinski definition) is 1. The molecule has 0 radical (unpaired) electrons. The van der Waals surface area contributed by atoms with Gasteiger partial charge < -0.3 is 19.5 Å². The van der Waals surface area contributed by atoms with Crippen molar-refractivity contribution < 1.29 is 33.0 Å². The van der Waals surface area contributed by atoms with Crippen LogP contribution in [0.5, 0.6) is 0 Å². The van der Waals surface area contributed by atoms with E-state index >= 15 is 4.39 Å². The van der Waals surface area contributed by atoms with E-state index in [0.717, 1.165) is 0 Å². The molecule has 0 spiro atoms. The number of amides is 1. The normalized spacial score (nSPS) is 19.6. The summed E-state index contributed by atoms with van der Waals surface area (Å²) >= 11 is 0. The lowest BCUT2D eigenvalue weighted by atomic mass is 10.1. The van der Waals surface area contributed by atoms with Crippen LogP contribution in [0.25, 0.3) is 11.2 Å². The van der Waals surface area contributed by atoms with E-state index in [0.29, 0.717) is 11.1 Å². The number of fused-ring (bicyclic) bond motifs is 1. The van der Waals surface area contributed by atoms with Crippen molar-refractivity contribution >= 4 is 34.8 Å². The molecular formula is C31H24FN5O6. The van der Waals surface area contributed by atoms with Crippen LogP contribution in [0.15, 0.2) is 104 Å². The molecule has 1 amide bonds. The predicted molar refractivity (Wildman–Crippen MR) is 151 cm³/mol. The molecule has 2 aromatic heterocycles. The van der Waals surface area contributed by atoms with E-state index in [4.69, 9.17) is 14.2 Å². The van der Waals surface area contributed by atoms with Gasteiger partial charge in [0.1, 0.15) is 19.0 Å². The van der Waals surface area contributed by atoms with Crippen LogP contribution in [0.1, 0.15) is 37.3 Å². The minimum Gasteiger partial charge on any atom is -0.459 e. The fourth-order valence-electron chi connectivity index (χ4n) is 4.67. The predicted octanol–water partition coefficient (Wildman–Crippen LogP) is 4.40.